The summed E-state index contributed by atoms with van der Waals surface area (Å²) >= 11 is 0. The van der Waals surface area contributed by atoms with Gasteiger partial charge in [0.2, 0.25) is 0 Å². The molecule has 0 bridgehead atoms. The molecule has 0 amide bonds. The minimum Gasteiger partial charge on any atom is -0.382 e. The Morgan fingerprint density at radius 2 is 1.89 bits per heavy atom. The maximum absolute atomic E-state index is 10.6. The van der Waals surface area contributed by atoms with E-state index in [0.717, 1.165) is 12.1 Å². The molecule has 1 fully saturated rings. The van der Waals surface area contributed by atoms with Crippen molar-refractivity contribution in [3.63, 3.8) is 0 Å². The molecule has 2 rings (SSSR count). The number of nitrogens with one attached hydrogen (secondary N) is 1. The van der Waals surface area contributed by atoms with Crippen LogP contribution in [0.15, 0.2) is 24.3 Å². The van der Waals surface area contributed by atoms with Crippen LogP contribution in [0.4, 0.5) is 11.4 Å². The Balaban J connectivity index is 2.04. The first-order valence-corrected chi connectivity index (χ1v) is 6.38. The largest absolute Gasteiger partial charge is 0.382 e. The van der Waals surface area contributed by atoms with Crippen molar-refractivity contribution < 1.29 is 4.92 Å². The lowest BCUT2D eigenvalue weighted by Gasteiger charge is -2.19. The van der Waals surface area contributed by atoms with Crippen LogP contribution in [0.5, 0.6) is 0 Å². The lowest BCUT2D eigenvalue weighted by Crippen LogP contribution is -2.22. The first kappa shape index (κ1) is 12.9. The van der Waals surface area contributed by atoms with Gasteiger partial charge in [0.05, 0.1) is 4.92 Å². The number of hydrogen-bond acceptors (Lipinski definition) is 3. The van der Waals surface area contributed by atoms with Crippen LogP contribution in [-0.4, -0.2) is 11.0 Å². The van der Waals surface area contributed by atoms with Gasteiger partial charge in [0, 0.05) is 23.9 Å². The third-order valence-corrected chi connectivity index (χ3v) is 3.76. The molecule has 98 valence electrons. The summed E-state index contributed by atoms with van der Waals surface area (Å²) in [7, 11) is 0. The van der Waals surface area contributed by atoms with E-state index >= 15 is 0 Å². The van der Waals surface area contributed by atoms with E-state index in [1.54, 1.807) is 24.3 Å². The number of hydrogen-bond donors (Lipinski definition) is 1. The van der Waals surface area contributed by atoms with Gasteiger partial charge in [-0.3, -0.25) is 10.1 Å². The molecule has 0 aromatic heterocycles. The van der Waals surface area contributed by atoms with E-state index in [0.29, 0.717) is 17.4 Å². The van der Waals surface area contributed by atoms with Crippen LogP contribution in [-0.2, 0) is 0 Å². The fourth-order valence-electron chi connectivity index (χ4n) is 2.98. The average Bonchev–Trinajstić information content (AvgIpc) is 2.52. The minimum absolute atomic E-state index is 0.139. The Kier molecular flexibility index (Phi) is 3.28. The van der Waals surface area contributed by atoms with Gasteiger partial charge in [-0.15, -0.1) is 0 Å². The number of nitrogens with zero attached hydrogens (tertiary/aromatic N) is 1. The molecule has 2 unspecified atom stereocenters. The van der Waals surface area contributed by atoms with Crippen molar-refractivity contribution in [1.82, 2.24) is 0 Å². The predicted molar refractivity (Wildman–Crippen MR) is 72.7 cm³/mol. The van der Waals surface area contributed by atoms with E-state index in [4.69, 9.17) is 0 Å². The molecule has 1 aliphatic carbocycles. The summed E-state index contributed by atoms with van der Waals surface area (Å²) in [5, 5.41) is 14.1. The van der Waals surface area contributed by atoms with Crippen molar-refractivity contribution in [2.45, 2.75) is 39.7 Å². The molecule has 0 heterocycles. The third-order valence-electron chi connectivity index (χ3n) is 3.76. The van der Waals surface area contributed by atoms with E-state index in [9.17, 15) is 10.1 Å². The van der Waals surface area contributed by atoms with Gasteiger partial charge in [0.1, 0.15) is 0 Å². The molecule has 4 heteroatoms. The summed E-state index contributed by atoms with van der Waals surface area (Å²) in [5.41, 5.74) is 1.49. The molecule has 1 N–H and O–H groups in total. The van der Waals surface area contributed by atoms with Gasteiger partial charge in [-0.2, -0.15) is 0 Å². The van der Waals surface area contributed by atoms with Crippen LogP contribution in [0.3, 0.4) is 0 Å². The first-order valence-electron chi connectivity index (χ1n) is 6.38. The molecule has 1 saturated carbocycles. The maximum Gasteiger partial charge on any atom is 0.269 e. The molecular formula is C14H20N2O2. The zero-order valence-electron chi connectivity index (χ0n) is 11.1. The SMILES string of the molecule is CC1CC(C)(C)CC1Nc1ccc([N+](=O)[O-])cc1. The zero-order chi connectivity index (χ0) is 13.3. The van der Waals surface area contributed by atoms with Crippen LogP contribution in [0, 0.1) is 21.4 Å². The van der Waals surface area contributed by atoms with E-state index in [-0.39, 0.29) is 10.6 Å². The zero-order valence-corrected chi connectivity index (χ0v) is 11.1. The fraction of sp³-hybridized carbons (Fsp3) is 0.571. The highest BCUT2D eigenvalue weighted by atomic mass is 16.6. The summed E-state index contributed by atoms with van der Waals surface area (Å²) in [4.78, 5) is 10.2. The van der Waals surface area contributed by atoms with E-state index in [2.05, 4.69) is 26.1 Å². The fourth-order valence-corrected chi connectivity index (χ4v) is 2.98. The number of benzene rings is 1. The quantitative estimate of drug-likeness (QED) is 0.653. The molecule has 0 spiro atoms. The molecule has 18 heavy (non-hydrogen) atoms. The van der Waals surface area contributed by atoms with Gasteiger partial charge >= 0.3 is 0 Å². The van der Waals surface area contributed by atoms with Crippen LogP contribution in [0.25, 0.3) is 0 Å². The Labute approximate surface area is 108 Å². The van der Waals surface area contributed by atoms with E-state index < -0.39 is 0 Å². The Morgan fingerprint density at radius 1 is 1.28 bits per heavy atom. The standard InChI is InChI=1S/C14H20N2O2/c1-10-8-14(2,3)9-13(10)15-11-4-6-12(7-5-11)16(17)18/h4-7,10,13,15H,8-9H2,1-3H3. The molecular weight excluding hydrogens is 228 g/mol. The summed E-state index contributed by atoms with van der Waals surface area (Å²) < 4.78 is 0. The van der Waals surface area contributed by atoms with Gasteiger partial charge in [0.15, 0.2) is 0 Å². The molecule has 0 aliphatic heterocycles. The van der Waals surface area contributed by atoms with Gasteiger partial charge in [-0.1, -0.05) is 20.8 Å². The summed E-state index contributed by atoms with van der Waals surface area (Å²) in [5.74, 6) is 0.634. The second-order valence-electron chi connectivity index (χ2n) is 6.10. The molecule has 1 aromatic rings. The van der Waals surface area contributed by atoms with E-state index in [1.165, 1.54) is 6.42 Å². The maximum atomic E-state index is 10.6. The normalized spacial score (nSPS) is 25.9. The Hall–Kier alpha value is -1.58. The van der Waals surface area contributed by atoms with Gasteiger partial charge < -0.3 is 5.32 Å². The Bertz CT molecular complexity index is 440. The van der Waals surface area contributed by atoms with Crippen LogP contribution in [0.1, 0.15) is 33.6 Å². The van der Waals surface area contributed by atoms with Crippen molar-refractivity contribution in [1.29, 1.82) is 0 Å². The van der Waals surface area contributed by atoms with E-state index in [1.807, 2.05) is 0 Å². The molecule has 0 saturated heterocycles. The predicted octanol–water partition coefficient (Wildman–Crippen LogP) is 3.83. The number of non-ortho nitro benzene ring substituents is 1. The number of nitro benzene ring substituents is 1. The molecule has 2 atom stereocenters. The topological polar surface area (TPSA) is 55.2 Å². The number of anilines is 1. The molecule has 1 aliphatic rings. The number of nitro groups is 1. The van der Waals surface area contributed by atoms with Crippen molar-refractivity contribution in [3.05, 3.63) is 34.4 Å². The monoisotopic (exact) mass is 248 g/mol. The molecule has 4 nitrogen and oxygen atoms in total. The lowest BCUT2D eigenvalue weighted by atomic mass is 9.91. The third kappa shape index (κ3) is 2.81. The summed E-state index contributed by atoms with van der Waals surface area (Å²) in [6.45, 7) is 6.85. The van der Waals surface area contributed by atoms with Crippen LogP contribution < -0.4 is 5.32 Å². The average molecular weight is 248 g/mol. The summed E-state index contributed by atoms with van der Waals surface area (Å²) in [6, 6.07) is 7.13. The van der Waals surface area contributed by atoms with Crippen LogP contribution >= 0.6 is 0 Å². The van der Waals surface area contributed by atoms with Gasteiger partial charge in [-0.05, 0) is 36.3 Å². The minimum atomic E-state index is -0.370. The second kappa shape index (κ2) is 4.59. The van der Waals surface area contributed by atoms with Crippen LogP contribution in [0.2, 0.25) is 0 Å². The smallest absolute Gasteiger partial charge is 0.269 e. The van der Waals surface area contributed by atoms with Crippen molar-refractivity contribution in [2.75, 3.05) is 5.32 Å². The Morgan fingerprint density at radius 3 is 2.33 bits per heavy atom. The molecule has 1 aromatic carbocycles. The highest BCUT2D eigenvalue weighted by Gasteiger charge is 2.36. The molecule has 0 radical (unpaired) electrons. The highest BCUT2D eigenvalue weighted by Crippen LogP contribution is 2.42. The van der Waals surface area contributed by atoms with Gasteiger partial charge in [0.25, 0.3) is 5.69 Å². The lowest BCUT2D eigenvalue weighted by molar-refractivity contribution is -0.384. The van der Waals surface area contributed by atoms with Crippen molar-refractivity contribution in [3.8, 4) is 0 Å². The number of rotatable bonds is 3. The summed E-state index contributed by atoms with van der Waals surface area (Å²) in [6.07, 6.45) is 2.36. The second-order valence-corrected chi connectivity index (χ2v) is 6.10. The van der Waals surface area contributed by atoms with Crippen molar-refractivity contribution >= 4 is 11.4 Å². The highest BCUT2D eigenvalue weighted by molar-refractivity contribution is 5.49. The van der Waals surface area contributed by atoms with Crippen molar-refractivity contribution in [2.24, 2.45) is 11.3 Å². The first-order chi connectivity index (χ1) is 8.37. The van der Waals surface area contributed by atoms with Gasteiger partial charge in [-0.25, -0.2) is 0 Å².